The van der Waals surface area contributed by atoms with E-state index in [0.29, 0.717) is 5.71 Å². The maximum absolute atomic E-state index is 11.6. The van der Waals surface area contributed by atoms with Crippen molar-refractivity contribution in [3.63, 3.8) is 0 Å². The number of hydrogen-bond donors (Lipinski definition) is 2. The van der Waals surface area contributed by atoms with Gasteiger partial charge in [0.25, 0.3) is 5.91 Å². The Kier molecular flexibility index (Phi) is 3.92. The van der Waals surface area contributed by atoms with Crippen LogP contribution >= 0.6 is 0 Å². The summed E-state index contributed by atoms with van der Waals surface area (Å²) in [5.41, 5.74) is 3.97. The van der Waals surface area contributed by atoms with Crippen LogP contribution in [0, 0.1) is 0 Å². The Morgan fingerprint density at radius 1 is 1.42 bits per heavy atom. The lowest BCUT2D eigenvalue weighted by atomic mass is 10.1. The first-order chi connectivity index (χ1) is 9.15. The molecule has 0 aliphatic rings. The maximum Gasteiger partial charge on any atom is 0.260 e. The first-order valence-electron chi connectivity index (χ1n) is 5.73. The third-order valence-electron chi connectivity index (χ3n) is 2.52. The molecule has 0 aliphatic heterocycles. The topological polar surface area (TPSA) is 79.5 Å². The minimum atomic E-state index is -0.226. The Bertz CT molecular complexity index is 573. The lowest BCUT2D eigenvalue weighted by Gasteiger charge is -2.03. The van der Waals surface area contributed by atoms with Gasteiger partial charge in [-0.25, -0.2) is 10.4 Å². The third-order valence-corrected chi connectivity index (χ3v) is 2.52. The van der Waals surface area contributed by atoms with E-state index in [4.69, 9.17) is 0 Å². The molecule has 1 heterocycles. The number of imidazole rings is 1. The first-order valence-corrected chi connectivity index (χ1v) is 5.73. The van der Waals surface area contributed by atoms with Gasteiger partial charge in [0.15, 0.2) is 0 Å². The van der Waals surface area contributed by atoms with Crippen molar-refractivity contribution in [3.8, 4) is 5.75 Å². The van der Waals surface area contributed by atoms with Crippen molar-refractivity contribution in [2.45, 2.75) is 13.5 Å². The van der Waals surface area contributed by atoms with E-state index in [-0.39, 0.29) is 18.2 Å². The summed E-state index contributed by atoms with van der Waals surface area (Å²) in [6.07, 6.45) is 4.88. The highest BCUT2D eigenvalue weighted by Crippen LogP contribution is 2.10. The van der Waals surface area contributed by atoms with Crippen molar-refractivity contribution < 1.29 is 9.90 Å². The highest BCUT2D eigenvalue weighted by atomic mass is 16.3. The van der Waals surface area contributed by atoms with Crippen molar-refractivity contribution >= 4 is 11.6 Å². The first kappa shape index (κ1) is 12.8. The van der Waals surface area contributed by atoms with Crippen LogP contribution in [0.15, 0.2) is 48.1 Å². The molecule has 2 aromatic rings. The molecule has 0 radical (unpaired) electrons. The van der Waals surface area contributed by atoms with Crippen molar-refractivity contribution in [1.29, 1.82) is 0 Å². The second-order valence-corrected chi connectivity index (χ2v) is 4.01. The number of aromatic hydroxyl groups is 1. The van der Waals surface area contributed by atoms with Crippen LogP contribution in [-0.2, 0) is 11.3 Å². The van der Waals surface area contributed by atoms with Crippen molar-refractivity contribution in [1.82, 2.24) is 15.0 Å². The number of phenols is 1. The van der Waals surface area contributed by atoms with E-state index in [9.17, 15) is 9.90 Å². The quantitative estimate of drug-likeness (QED) is 0.637. The molecule has 6 nitrogen and oxygen atoms in total. The molecular weight excluding hydrogens is 244 g/mol. The van der Waals surface area contributed by atoms with Gasteiger partial charge in [0.05, 0.1) is 12.0 Å². The van der Waals surface area contributed by atoms with Crippen molar-refractivity contribution in [2.24, 2.45) is 5.10 Å². The molecule has 19 heavy (non-hydrogen) atoms. The summed E-state index contributed by atoms with van der Waals surface area (Å²) < 4.78 is 1.65. The number of phenolic OH excluding ortho intramolecular Hbond substituents is 1. The molecule has 0 saturated carbocycles. The van der Waals surface area contributed by atoms with Crippen molar-refractivity contribution in [3.05, 3.63) is 48.5 Å². The van der Waals surface area contributed by atoms with E-state index in [1.165, 1.54) is 0 Å². The molecule has 2 N–H and O–H groups in total. The summed E-state index contributed by atoms with van der Waals surface area (Å²) in [7, 11) is 0. The summed E-state index contributed by atoms with van der Waals surface area (Å²) in [5, 5.41) is 13.2. The van der Waals surface area contributed by atoms with E-state index in [0.717, 1.165) is 5.56 Å². The van der Waals surface area contributed by atoms with Crippen molar-refractivity contribution in [2.75, 3.05) is 0 Å². The Balaban J connectivity index is 1.94. The predicted octanol–water partition coefficient (Wildman–Crippen LogP) is 1.13. The van der Waals surface area contributed by atoms with E-state index >= 15 is 0 Å². The Hall–Kier alpha value is -2.63. The zero-order valence-electron chi connectivity index (χ0n) is 10.4. The summed E-state index contributed by atoms with van der Waals surface area (Å²) in [6, 6.07) is 6.61. The van der Waals surface area contributed by atoms with Crippen LogP contribution in [0.4, 0.5) is 0 Å². The molecule has 0 spiro atoms. The molecule has 6 heteroatoms. The number of hydrazone groups is 1. The number of amides is 1. The molecule has 0 unspecified atom stereocenters. The van der Waals surface area contributed by atoms with Gasteiger partial charge in [0.1, 0.15) is 12.3 Å². The molecule has 0 fully saturated rings. The fourth-order valence-corrected chi connectivity index (χ4v) is 1.49. The SMILES string of the molecule is CC(=NNC(=O)Cn1ccnc1)c1ccc(O)cc1. The van der Waals surface area contributed by atoms with Crippen LogP contribution < -0.4 is 5.43 Å². The van der Waals surface area contributed by atoms with Crippen LogP contribution in [0.1, 0.15) is 12.5 Å². The van der Waals surface area contributed by atoms with E-state index in [1.54, 1.807) is 54.5 Å². The molecule has 2 rings (SSSR count). The molecule has 0 atom stereocenters. The molecule has 1 aromatic carbocycles. The lowest BCUT2D eigenvalue weighted by molar-refractivity contribution is -0.121. The van der Waals surface area contributed by atoms with E-state index < -0.39 is 0 Å². The van der Waals surface area contributed by atoms with Gasteiger partial charge in [-0.2, -0.15) is 5.10 Å². The normalized spacial score (nSPS) is 11.3. The predicted molar refractivity (Wildman–Crippen MR) is 70.7 cm³/mol. The highest BCUT2D eigenvalue weighted by molar-refractivity contribution is 5.99. The summed E-state index contributed by atoms with van der Waals surface area (Å²) in [5.74, 6) is -0.0307. The molecule has 1 aromatic heterocycles. The van der Waals surface area contributed by atoms with E-state index in [1.807, 2.05) is 0 Å². The Morgan fingerprint density at radius 3 is 2.79 bits per heavy atom. The van der Waals surface area contributed by atoms with Gasteiger partial charge in [-0.1, -0.05) is 0 Å². The zero-order valence-corrected chi connectivity index (χ0v) is 10.4. The van der Waals surface area contributed by atoms with Crippen LogP contribution in [0.2, 0.25) is 0 Å². The summed E-state index contributed by atoms with van der Waals surface area (Å²) >= 11 is 0. The second kappa shape index (κ2) is 5.81. The number of nitrogens with one attached hydrogen (secondary N) is 1. The largest absolute Gasteiger partial charge is 0.508 e. The monoisotopic (exact) mass is 258 g/mol. The molecular formula is C13H14N4O2. The number of carbonyl (C=O) groups excluding carboxylic acids is 1. The number of nitrogens with zero attached hydrogens (tertiary/aromatic N) is 3. The van der Waals surface area contributed by atoms with Gasteiger partial charge >= 0.3 is 0 Å². The number of benzene rings is 1. The van der Waals surface area contributed by atoms with Crippen LogP contribution in [-0.4, -0.2) is 26.3 Å². The van der Waals surface area contributed by atoms with Gasteiger partial charge in [0, 0.05) is 12.4 Å². The van der Waals surface area contributed by atoms with Gasteiger partial charge in [-0.05, 0) is 36.8 Å². The zero-order chi connectivity index (χ0) is 13.7. The fraction of sp³-hybridized carbons (Fsp3) is 0.154. The second-order valence-electron chi connectivity index (χ2n) is 4.01. The fourth-order valence-electron chi connectivity index (χ4n) is 1.49. The number of hydrogen-bond acceptors (Lipinski definition) is 4. The van der Waals surface area contributed by atoms with Gasteiger partial charge < -0.3 is 9.67 Å². The molecule has 1 amide bonds. The molecule has 0 saturated heterocycles. The van der Waals surface area contributed by atoms with Crippen LogP contribution in [0.25, 0.3) is 0 Å². The molecule has 0 bridgehead atoms. The lowest BCUT2D eigenvalue weighted by Crippen LogP contribution is -2.23. The third kappa shape index (κ3) is 3.67. The minimum absolute atomic E-state index is 0.173. The van der Waals surface area contributed by atoms with Gasteiger partial charge in [0.2, 0.25) is 0 Å². The Labute approximate surface area is 110 Å². The number of aromatic nitrogens is 2. The van der Waals surface area contributed by atoms with E-state index in [2.05, 4.69) is 15.5 Å². The minimum Gasteiger partial charge on any atom is -0.508 e. The Morgan fingerprint density at radius 2 is 2.16 bits per heavy atom. The summed E-state index contributed by atoms with van der Waals surface area (Å²) in [6.45, 7) is 1.95. The summed E-state index contributed by atoms with van der Waals surface area (Å²) in [4.78, 5) is 15.4. The van der Waals surface area contributed by atoms with Crippen LogP contribution in [0.5, 0.6) is 5.75 Å². The molecule has 0 aliphatic carbocycles. The highest BCUT2D eigenvalue weighted by Gasteiger charge is 2.02. The average molecular weight is 258 g/mol. The maximum atomic E-state index is 11.6. The standard InChI is InChI=1S/C13H14N4O2/c1-10(11-2-4-12(18)5-3-11)15-16-13(19)8-17-7-6-14-9-17/h2-7,9,18H,8H2,1H3,(H,16,19). The van der Waals surface area contributed by atoms with Gasteiger partial charge in [-0.15, -0.1) is 0 Å². The van der Waals surface area contributed by atoms with Crippen LogP contribution in [0.3, 0.4) is 0 Å². The smallest absolute Gasteiger partial charge is 0.260 e. The molecule has 98 valence electrons. The average Bonchev–Trinajstić information content (AvgIpc) is 2.89. The van der Waals surface area contributed by atoms with Gasteiger partial charge in [-0.3, -0.25) is 4.79 Å². The number of carbonyl (C=O) groups is 1. The number of rotatable bonds is 4.